The van der Waals surface area contributed by atoms with Crippen LogP contribution in [-0.4, -0.2) is 19.8 Å². The fourth-order valence-electron chi connectivity index (χ4n) is 1.59. The number of thioether (sulfide) groups is 1. The number of aryl methyl sites for hydroxylation is 1. The Morgan fingerprint density at radius 1 is 1.14 bits per heavy atom. The number of benzene rings is 1. The number of aliphatic imine (C=N–C) groups is 1. The normalized spacial score (nSPS) is 14.5. The molecule has 4 heteroatoms. The van der Waals surface area contributed by atoms with Crippen molar-refractivity contribution in [1.82, 2.24) is 0 Å². The van der Waals surface area contributed by atoms with Crippen LogP contribution in [0.25, 0.3) is 0 Å². The molecule has 0 aliphatic heterocycles. The average molecular weight is 340 g/mol. The Hall–Kier alpha value is -0.513. The molecule has 0 heterocycles. The second-order valence-corrected chi connectivity index (χ2v) is 14.1. The lowest BCUT2D eigenvalue weighted by atomic mass is 10.1. The zero-order valence-corrected chi connectivity index (χ0v) is 16.7. The first-order valence-electron chi connectivity index (χ1n) is 7.19. The van der Waals surface area contributed by atoms with Gasteiger partial charge in [-0.1, -0.05) is 60.7 Å². The number of rotatable bonds is 4. The molecule has 0 aromatic heterocycles. The van der Waals surface area contributed by atoms with Crippen LogP contribution in [0.5, 0.6) is 0 Å². The summed E-state index contributed by atoms with van der Waals surface area (Å²) in [7, 11) is -1.52. The van der Waals surface area contributed by atoms with E-state index in [9.17, 15) is 0 Å². The topological polar surface area (TPSA) is 12.4 Å². The molecule has 0 aliphatic carbocycles. The minimum absolute atomic E-state index is 0.0980. The zero-order valence-electron chi connectivity index (χ0n) is 14.1. The summed E-state index contributed by atoms with van der Waals surface area (Å²) in [6.07, 6.45) is 1.83. The Morgan fingerprint density at radius 2 is 1.67 bits per heavy atom. The molecular formula is C17H26ClNSSi. The Kier molecular flexibility index (Phi) is 6.32. The highest BCUT2D eigenvalue weighted by molar-refractivity contribution is 8.05. The molecule has 1 aromatic carbocycles. The fourth-order valence-corrected chi connectivity index (χ4v) is 5.63. The molecule has 0 amide bonds. The molecule has 0 atom stereocenters. The van der Waals surface area contributed by atoms with Gasteiger partial charge in [-0.15, -0.1) is 0 Å². The second-order valence-electron chi connectivity index (χ2n) is 7.27. The molecule has 1 aromatic rings. The van der Waals surface area contributed by atoms with E-state index in [1.54, 1.807) is 11.8 Å². The summed E-state index contributed by atoms with van der Waals surface area (Å²) in [5, 5.41) is 0.787. The van der Waals surface area contributed by atoms with Crippen LogP contribution in [0.1, 0.15) is 26.3 Å². The second kappa shape index (κ2) is 7.17. The molecule has 1 rings (SSSR count). The molecule has 0 radical (unpaired) electrons. The largest absolute Gasteiger partial charge is 0.286 e. The van der Waals surface area contributed by atoms with Crippen molar-refractivity contribution in [3.05, 3.63) is 39.4 Å². The van der Waals surface area contributed by atoms with Crippen molar-refractivity contribution in [2.75, 3.05) is 0 Å². The van der Waals surface area contributed by atoms with E-state index in [1.807, 2.05) is 6.21 Å². The number of halogens is 1. The van der Waals surface area contributed by atoms with E-state index in [-0.39, 0.29) is 5.54 Å². The predicted octanol–water partition coefficient (Wildman–Crippen LogP) is 6.28. The third-order valence-corrected chi connectivity index (χ3v) is 7.97. The van der Waals surface area contributed by atoms with Gasteiger partial charge in [0.15, 0.2) is 0 Å². The van der Waals surface area contributed by atoms with Crippen molar-refractivity contribution in [1.29, 1.82) is 0 Å². The van der Waals surface area contributed by atoms with Crippen molar-refractivity contribution in [3.8, 4) is 0 Å². The minimum Gasteiger partial charge on any atom is -0.286 e. The van der Waals surface area contributed by atoms with Crippen LogP contribution in [0.4, 0.5) is 0 Å². The van der Waals surface area contributed by atoms with Gasteiger partial charge in [0.1, 0.15) is 0 Å². The Balaban J connectivity index is 3.11. The summed E-state index contributed by atoms with van der Waals surface area (Å²) in [6, 6.07) is 8.60. The molecule has 0 saturated carbocycles. The van der Waals surface area contributed by atoms with Crippen molar-refractivity contribution in [3.63, 3.8) is 0 Å². The quantitative estimate of drug-likeness (QED) is 0.357. The molecule has 0 saturated heterocycles. The first kappa shape index (κ1) is 18.5. The van der Waals surface area contributed by atoms with Gasteiger partial charge in [0, 0.05) is 11.1 Å². The number of hydrogen-bond acceptors (Lipinski definition) is 2. The molecule has 0 unspecified atom stereocenters. The Morgan fingerprint density at radius 3 is 2.10 bits per heavy atom. The monoisotopic (exact) mass is 339 g/mol. The fraction of sp³-hybridized carbons (Fsp3) is 0.471. The van der Waals surface area contributed by atoms with E-state index in [2.05, 4.69) is 76.6 Å². The third-order valence-electron chi connectivity index (χ3n) is 2.70. The highest BCUT2D eigenvalue weighted by Gasteiger charge is 2.24. The molecule has 0 bridgehead atoms. The molecule has 0 aliphatic rings. The lowest BCUT2D eigenvalue weighted by Gasteiger charge is -2.22. The summed E-state index contributed by atoms with van der Waals surface area (Å²) in [5.74, 6) is 0. The van der Waals surface area contributed by atoms with Crippen molar-refractivity contribution < 1.29 is 0 Å². The van der Waals surface area contributed by atoms with Crippen molar-refractivity contribution in [2.24, 2.45) is 4.99 Å². The molecule has 1 nitrogen and oxygen atoms in total. The summed E-state index contributed by atoms with van der Waals surface area (Å²) in [5.41, 5.74) is 1.18. The van der Waals surface area contributed by atoms with E-state index in [0.717, 1.165) is 5.03 Å². The van der Waals surface area contributed by atoms with Gasteiger partial charge >= 0.3 is 0 Å². The highest BCUT2D eigenvalue weighted by Crippen LogP contribution is 2.36. The van der Waals surface area contributed by atoms with Gasteiger partial charge in [-0.05, 0) is 44.4 Å². The minimum atomic E-state index is -1.52. The van der Waals surface area contributed by atoms with Gasteiger partial charge in [-0.25, -0.2) is 0 Å². The summed E-state index contributed by atoms with van der Waals surface area (Å²) in [6.45, 7) is 15.3. The molecule has 21 heavy (non-hydrogen) atoms. The smallest absolute Gasteiger partial charge is 0.0882 e. The molecule has 0 N–H and O–H groups in total. The van der Waals surface area contributed by atoms with Crippen molar-refractivity contribution in [2.45, 2.75) is 57.8 Å². The number of allylic oxidation sites excluding steroid dienone is 1. The SMILES string of the molecule is Cc1ccc(S/C(=C(\Cl)C=NC(C)(C)C)[Si](C)(C)C)cc1. The van der Waals surface area contributed by atoms with Crippen molar-refractivity contribution >= 4 is 37.7 Å². The van der Waals surface area contributed by atoms with Gasteiger partial charge in [-0.2, -0.15) is 0 Å². The van der Waals surface area contributed by atoms with E-state index in [1.165, 1.54) is 15.0 Å². The molecule has 0 spiro atoms. The molecule has 116 valence electrons. The Labute approximate surface area is 139 Å². The first-order chi connectivity index (χ1) is 9.49. The van der Waals surface area contributed by atoms with E-state index in [0.29, 0.717) is 0 Å². The lowest BCUT2D eigenvalue weighted by Crippen LogP contribution is -2.23. The first-order valence-corrected chi connectivity index (χ1v) is 11.9. The number of nitrogens with zero attached hydrogens (tertiary/aromatic N) is 1. The summed E-state index contributed by atoms with van der Waals surface area (Å²) < 4.78 is 1.28. The van der Waals surface area contributed by atoms with Crippen LogP contribution in [0.15, 0.2) is 43.7 Å². The van der Waals surface area contributed by atoms with Crippen LogP contribution < -0.4 is 0 Å². The van der Waals surface area contributed by atoms with E-state index in [4.69, 9.17) is 11.6 Å². The van der Waals surface area contributed by atoms with Crippen LogP contribution >= 0.6 is 23.4 Å². The standard InChI is InChI=1S/C17H26ClNSSi/c1-13-8-10-14(11-9-13)20-16(21(5,6)7)15(18)12-19-17(2,3)4/h8-12H,1-7H3/b16-15+,19-12?. The van der Waals surface area contributed by atoms with Crippen LogP contribution in [-0.2, 0) is 0 Å². The third kappa shape index (κ3) is 6.85. The maximum atomic E-state index is 6.56. The van der Waals surface area contributed by atoms with Gasteiger partial charge in [-0.3, -0.25) is 4.99 Å². The van der Waals surface area contributed by atoms with E-state index >= 15 is 0 Å². The predicted molar refractivity (Wildman–Crippen MR) is 102 cm³/mol. The molecule has 0 fully saturated rings. The van der Waals surface area contributed by atoms with Gasteiger partial charge < -0.3 is 0 Å². The maximum Gasteiger partial charge on any atom is 0.0882 e. The highest BCUT2D eigenvalue weighted by atomic mass is 35.5. The summed E-state index contributed by atoms with van der Waals surface area (Å²) in [4.78, 5) is 5.78. The van der Waals surface area contributed by atoms with Gasteiger partial charge in [0.25, 0.3) is 0 Å². The molecular weight excluding hydrogens is 314 g/mol. The van der Waals surface area contributed by atoms with Gasteiger partial charge in [0.2, 0.25) is 0 Å². The van der Waals surface area contributed by atoms with E-state index < -0.39 is 8.07 Å². The van der Waals surface area contributed by atoms with Crippen LogP contribution in [0, 0.1) is 6.92 Å². The van der Waals surface area contributed by atoms with Crippen LogP contribution in [0.2, 0.25) is 19.6 Å². The van der Waals surface area contributed by atoms with Gasteiger partial charge in [0.05, 0.1) is 18.6 Å². The Bertz CT molecular complexity index is 533. The number of hydrogen-bond donors (Lipinski definition) is 0. The maximum absolute atomic E-state index is 6.56. The average Bonchev–Trinajstić information content (AvgIpc) is 2.33. The zero-order chi connectivity index (χ0) is 16.3. The van der Waals surface area contributed by atoms with Crippen LogP contribution in [0.3, 0.4) is 0 Å². The lowest BCUT2D eigenvalue weighted by molar-refractivity contribution is 0.587. The summed E-state index contributed by atoms with van der Waals surface area (Å²) >= 11 is 8.34.